The number of halogens is 4. The molecule has 0 bridgehead atoms. The molecule has 0 atom stereocenters. The van der Waals surface area contributed by atoms with Crippen molar-refractivity contribution in [1.82, 2.24) is 0 Å². The Kier molecular flexibility index (Phi) is 4.61. The molecule has 0 amide bonds. The van der Waals surface area contributed by atoms with Crippen LogP contribution in [0.5, 0.6) is 5.75 Å². The molecule has 1 rings (SSSR count). The first kappa shape index (κ1) is 14.1. The lowest BCUT2D eigenvalue weighted by Crippen LogP contribution is -2.18. The molecule has 0 radical (unpaired) electrons. The van der Waals surface area contributed by atoms with Crippen molar-refractivity contribution in [3.63, 3.8) is 0 Å². The molecule has 0 spiro atoms. The Morgan fingerprint density at radius 1 is 1.41 bits per heavy atom. The van der Waals surface area contributed by atoms with Gasteiger partial charge in [-0.3, -0.25) is 4.79 Å². The second-order valence-corrected chi connectivity index (χ2v) is 4.32. The molecular weight excluding hydrogens is 352 g/mol. The maximum atomic E-state index is 12.1. The number of carbonyl (C=O) groups is 1. The molecule has 3 nitrogen and oxygen atoms in total. The van der Waals surface area contributed by atoms with Crippen molar-refractivity contribution in [2.75, 3.05) is 0 Å². The summed E-state index contributed by atoms with van der Waals surface area (Å²) >= 11 is 1.84. The highest BCUT2D eigenvalue weighted by molar-refractivity contribution is 14.1. The van der Waals surface area contributed by atoms with Crippen LogP contribution in [0.25, 0.3) is 0 Å². The van der Waals surface area contributed by atoms with E-state index in [4.69, 9.17) is 5.11 Å². The summed E-state index contributed by atoms with van der Waals surface area (Å²) in [7, 11) is 0. The van der Waals surface area contributed by atoms with Gasteiger partial charge in [-0.15, -0.1) is 13.2 Å². The van der Waals surface area contributed by atoms with Crippen molar-refractivity contribution in [1.29, 1.82) is 0 Å². The van der Waals surface area contributed by atoms with Crippen LogP contribution < -0.4 is 4.74 Å². The number of carboxylic acids is 1. The first-order valence-corrected chi connectivity index (χ1v) is 5.62. The van der Waals surface area contributed by atoms with Crippen molar-refractivity contribution < 1.29 is 27.8 Å². The Balaban J connectivity index is 2.96. The van der Waals surface area contributed by atoms with E-state index in [0.717, 1.165) is 0 Å². The summed E-state index contributed by atoms with van der Waals surface area (Å²) in [5.41, 5.74) is 0.257. The van der Waals surface area contributed by atoms with E-state index in [1.165, 1.54) is 12.1 Å². The van der Waals surface area contributed by atoms with E-state index >= 15 is 0 Å². The highest BCUT2D eigenvalue weighted by atomic mass is 127. The summed E-state index contributed by atoms with van der Waals surface area (Å²) in [6.07, 6.45) is -5.02. The first-order chi connectivity index (χ1) is 7.79. The third kappa shape index (κ3) is 4.80. The van der Waals surface area contributed by atoms with E-state index in [-0.39, 0.29) is 24.2 Å². The van der Waals surface area contributed by atoms with Gasteiger partial charge in [-0.05, 0) is 41.1 Å². The molecule has 0 saturated heterocycles. The Hall–Kier alpha value is -0.990. The van der Waals surface area contributed by atoms with Crippen LogP contribution in [-0.4, -0.2) is 17.4 Å². The fourth-order valence-corrected chi connectivity index (χ4v) is 1.98. The van der Waals surface area contributed by atoms with Gasteiger partial charge in [0, 0.05) is 15.6 Å². The molecule has 0 heterocycles. The van der Waals surface area contributed by atoms with E-state index in [2.05, 4.69) is 4.74 Å². The maximum absolute atomic E-state index is 12.1. The monoisotopic (exact) mass is 360 g/mol. The highest BCUT2D eigenvalue weighted by Crippen LogP contribution is 2.30. The quantitative estimate of drug-likeness (QED) is 0.839. The average molecular weight is 360 g/mol. The van der Waals surface area contributed by atoms with Gasteiger partial charge in [0.25, 0.3) is 0 Å². The summed E-state index contributed by atoms with van der Waals surface area (Å²) in [5, 5.41) is 8.52. The molecule has 94 valence electrons. The minimum atomic E-state index is -4.78. The van der Waals surface area contributed by atoms with Gasteiger partial charge in [0.2, 0.25) is 0 Å². The molecule has 0 unspecified atom stereocenters. The smallest absolute Gasteiger partial charge is 0.481 e. The molecular formula is C10H8F3IO3. The van der Waals surface area contributed by atoms with E-state index in [1.54, 1.807) is 6.07 Å². The van der Waals surface area contributed by atoms with Crippen LogP contribution in [-0.2, 0) is 11.2 Å². The molecule has 1 aromatic rings. The summed E-state index contributed by atoms with van der Waals surface area (Å²) in [6, 6.07) is 4.20. The predicted octanol–water partition coefficient (Wildman–Crippen LogP) is 3.21. The molecule has 0 saturated carbocycles. The van der Waals surface area contributed by atoms with Gasteiger partial charge in [0.05, 0.1) is 0 Å². The molecule has 1 N–H and O–H groups in total. The van der Waals surface area contributed by atoms with Crippen LogP contribution in [0.2, 0.25) is 0 Å². The Morgan fingerprint density at radius 3 is 2.59 bits per heavy atom. The Morgan fingerprint density at radius 2 is 2.06 bits per heavy atom. The second kappa shape index (κ2) is 5.56. The van der Waals surface area contributed by atoms with Crippen molar-refractivity contribution in [3.05, 3.63) is 27.3 Å². The first-order valence-electron chi connectivity index (χ1n) is 4.54. The van der Waals surface area contributed by atoms with E-state index in [0.29, 0.717) is 3.57 Å². The van der Waals surface area contributed by atoms with Gasteiger partial charge < -0.3 is 9.84 Å². The SMILES string of the molecule is O=C(O)CCc1c(I)cccc1OC(F)(F)F. The number of benzene rings is 1. The van der Waals surface area contributed by atoms with Gasteiger partial charge >= 0.3 is 12.3 Å². The number of carboxylic acid groups (broad SMARTS) is 1. The van der Waals surface area contributed by atoms with Crippen molar-refractivity contribution in [2.45, 2.75) is 19.2 Å². The summed E-state index contributed by atoms with van der Waals surface area (Å²) in [5.74, 6) is -1.41. The normalized spacial score (nSPS) is 11.3. The number of hydrogen-bond donors (Lipinski definition) is 1. The number of aliphatic carboxylic acids is 1. The number of rotatable bonds is 4. The van der Waals surface area contributed by atoms with Gasteiger partial charge in [-0.25, -0.2) is 0 Å². The Bertz CT molecular complexity index is 418. The number of ether oxygens (including phenoxy) is 1. The van der Waals surface area contributed by atoms with Crippen LogP contribution in [0.1, 0.15) is 12.0 Å². The molecule has 0 aliphatic carbocycles. The minimum absolute atomic E-state index is 0.000139. The van der Waals surface area contributed by atoms with Gasteiger partial charge in [0.15, 0.2) is 0 Å². The van der Waals surface area contributed by atoms with E-state index < -0.39 is 12.3 Å². The lowest BCUT2D eigenvalue weighted by molar-refractivity contribution is -0.274. The van der Waals surface area contributed by atoms with Gasteiger partial charge in [-0.1, -0.05) is 6.07 Å². The topological polar surface area (TPSA) is 46.5 Å². The minimum Gasteiger partial charge on any atom is -0.481 e. The fraction of sp³-hybridized carbons (Fsp3) is 0.300. The fourth-order valence-electron chi connectivity index (χ4n) is 1.23. The van der Waals surface area contributed by atoms with Crippen LogP contribution >= 0.6 is 22.6 Å². The summed E-state index contributed by atoms with van der Waals surface area (Å²) in [4.78, 5) is 10.4. The number of alkyl halides is 3. The highest BCUT2D eigenvalue weighted by Gasteiger charge is 2.32. The van der Waals surface area contributed by atoms with Crippen LogP contribution in [0.3, 0.4) is 0 Å². The summed E-state index contributed by atoms with van der Waals surface area (Å²) in [6.45, 7) is 0. The molecule has 1 aromatic carbocycles. The van der Waals surface area contributed by atoms with Crippen LogP contribution in [0.15, 0.2) is 18.2 Å². The molecule has 0 aliphatic rings. The zero-order chi connectivity index (χ0) is 13.1. The van der Waals surface area contributed by atoms with E-state index in [9.17, 15) is 18.0 Å². The average Bonchev–Trinajstić information content (AvgIpc) is 2.13. The van der Waals surface area contributed by atoms with Crippen LogP contribution in [0, 0.1) is 3.57 Å². The zero-order valence-corrected chi connectivity index (χ0v) is 10.6. The molecule has 0 aliphatic heterocycles. The molecule has 0 fully saturated rings. The third-order valence-corrected chi connectivity index (χ3v) is 2.90. The van der Waals surface area contributed by atoms with Crippen molar-refractivity contribution in [2.24, 2.45) is 0 Å². The lowest BCUT2D eigenvalue weighted by Gasteiger charge is -2.13. The van der Waals surface area contributed by atoms with Crippen molar-refractivity contribution in [3.8, 4) is 5.75 Å². The largest absolute Gasteiger partial charge is 0.573 e. The maximum Gasteiger partial charge on any atom is 0.573 e. The third-order valence-electron chi connectivity index (χ3n) is 1.89. The molecule has 0 aromatic heterocycles. The Labute approximate surface area is 109 Å². The van der Waals surface area contributed by atoms with Gasteiger partial charge in [0.1, 0.15) is 5.75 Å². The lowest BCUT2D eigenvalue weighted by atomic mass is 10.1. The summed E-state index contributed by atoms with van der Waals surface area (Å²) < 4.78 is 40.7. The predicted molar refractivity (Wildman–Crippen MR) is 61.8 cm³/mol. The zero-order valence-electron chi connectivity index (χ0n) is 8.42. The van der Waals surface area contributed by atoms with E-state index in [1.807, 2.05) is 22.6 Å². The molecule has 17 heavy (non-hydrogen) atoms. The van der Waals surface area contributed by atoms with Crippen molar-refractivity contribution >= 4 is 28.6 Å². The standard InChI is InChI=1S/C10H8F3IO3/c11-10(12,13)17-8-3-1-2-7(14)6(8)4-5-9(15)16/h1-3H,4-5H2,(H,15,16). The van der Waals surface area contributed by atoms with Gasteiger partial charge in [-0.2, -0.15) is 0 Å². The van der Waals surface area contributed by atoms with Crippen LogP contribution in [0.4, 0.5) is 13.2 Å². The molecule has 7 heteroatoms. The second-order valence-electron chi connectivity index (χ2n) is 3.16. The number of hydrogen-bond acceptors (Lipinski definition) is 2.